The highest BCUT2D eigenvalue weighted by Crippen LogP contribution is 2.50. The molecule has 5 nitrogen and oxygen atoms in total. The minimum atomic E-state index is -0.316. The fraction of sp³-hybridized carbons (Fsp3) is 0.704. The number of anilines is 1. The number of hydrogen-bond acceptors (Lipinski definition) is 5. The van der Waals surface area contributed by atoms with E-state index < -0.39 is 0 Å². The van der Waals surface area contributed by atoms with Crippen molar-refractivity contribution in [3.05, 3.63) is 23.3 Å². The van der Waals surface area contributed by atoms with Crippen LogP contribution in [-0.2, 0) is 19.7 Å². The van der Waals surface area contributed by atoms with E-state index in [0.29, 0.717) is 24.8 Å². The van der Waals surface area contributed by atoms with Crippen molar-refractivity contribution in [1.29, 1.82) is 0 Å². The number of fused-ring (bicyclic) bond motifs is 3. The molecule has 1 saturated heterocycles. The lowest BCUT2D eigenvalue weighted by Crippen LogP contribution is -2.37. The summed E-state index contributed by atoms with van der Waals surface area (Å²) >= 11 is 0. The second-order valence-corrected chi connectivity index (χ2v) is 10.1. The van der Waals surface area contributed by atoms with Crippen LogP contribution in [0.3, 0.4) is 0 Å². The van der Waals surface area contributed by atoms with Gasteiger partial charge in [-0.05, 0) is 55.7 Å². The molecule has 1 aromatic rings. The molecule has 0 spiro atoms. The van der Waals surface area contributed by atoms with Crippen molar-refractivity contribution in [2.24, 2.45) is 0 Å². The summed E-state index contributed by atoms with van der Waals surface area (Å²) in [6.45, 7) is 11.5. The van der Waals surface area contributed by atoms with Gasteiger partial charge < -0.3 is 14.4 Å². The number of ether oxygens (including phenoxy) is 2. The first-order chi connectivity index (χ1) is 15.3. The van der Waals surface area contributed by atoms with Crippen molar-refractivity contribution < 1.29 is 19.1 Å². The van der Waals surface area contributed by atoms with Crippen LogP contribution < -0.4 is 9.64 Å². The highest BCUT2D eigenvalue weighted by atomic mass is 16.5. The molecule has 5 heteroatoms. The molecule has 3 rings (SSSR count). The first-order valence-corrected chi connectivity index (χ1v) is 12.6. The Morgan fingerprint density at radius 1 is 1.16 bits per heavy atom. The third kappa shape index (κ3) is 5.65. The Hall–Kier alpha value is -2.04. The first-order valence-electron chi connectivity index (χ1n) is 12.6. The molecule has 0 amide bonds. The molecule has 0 aliphatic carbocycles. The third-order valence-electron chi connectivity index (χ3n) is 7.18. The Bertz CT molecular complexity index is 816. The molecule has 2 unspecified atom stereocenters. The zero-order valence-electron chi connectivity index (χ0n) is 20.7. The molecule has 2 aliphatic heterocycles. The van der Waals surface area contributed by atoms with Crippen molar-refractivity contribution in [2.45, 2.75) is 110 Å². The second kappa shape index (κ2) is 10.7. The maximum Gasteiger partial charge on any atom is 0.308 e. The molecule has 0 saturated carbocycles. The van der Waals surface area contributed by atoms with Gasteiger partial charge in [-0.2, -0.15) is 0 Å². The van der Waals surface area contributed by atoms with Crippen LogP contribution in [0.2, 0.25) is 0 Å². The molecule has 1 fully saturated rings. The summed E-state index contributed by atoms with van der Waals surface area (Å²) in [4.78, 5) is 26.9. The highest BCUT2D eigenvalue weighted by Gasteiger charge is 2.39. The summed E-state index contributed by atoms with van der Waals surface area (Å²) in [5.41, 5.74) is 3.37. The van der Waals surface area contributed by atoms with Gasteiger partial charge in [0.05, 0.1) is 13.0 Å². The molecule has 0 N–H and O–H groups in total. The fourth-order valence-corrected chi connectivity index (χ4v) is 5.48. The Morgan fingerprint density at radius 2 is 1.94 bits per heavy atom. The molecule has 2 heterocycles. The molecule has 178 valence electrons. The van der Waals surface area contributed by atoms with Gasteiger partial charge in [0.15, 0.2) is 0 Å². The minimum absolute atomic E-state index is 0.0129. The van der Waals surface area contributed by atoms with Gasteiger partial charge in [-0.15, -0.1) is 0 Å². The average Bonchev–Trinajstić information content (AvgIpc) is 3.19. The van der Waals surface area contributed by atoms with Gasteiger partial charge in [0, 0.05) is 36.7 Å². The van der Waals surface area contributed by atoms with Crippen LogP contribution in [0.1, 0.15) is 109 Å². The van der Waals surface area contributed by atoms with E-state index in [1.54, 1.807) is 0 Å². The maximum absolute atomic E-state index is 12.4. The van der Waals surface area contributed by atoms with Crippen molar-refractivity contribution in [3.8, 4) is 5.75 Å². The van der Waals surface area contributed by atoms with Gasteiger partial charge >= 0.3 is 11.9 Å². The van der Waals surface area contributed by atoms with E-state index in [1.807, 2.05) is 6.92 Å². The molecule has 0 aromatic heterocycles. The van der Waals surface area contributed by atoms with Crippen molar-refractivity contribution in [2.75, 3.05) is 18.1 Å². The van der Waals surface area contributed by atoms with Crippen LogP contribution in [-0.4, -0.2) is 31.1 Å². The number of unbranched alkanes of at least 4 members (excludes halogenated alkanes) is 3. The average molecular weight is 444 g/mol. The molecule has 0 radical (unpaired) electrons. The monoisotopic (exact) mass is 443 g/mol. The molecular weight excluding hydrogens is 402 g/mol. The third-order valence-corrected chi connectivity index (χ3v) is 7.18. The molecule has 1 aromatic carbocycles. The van der Waals surface area contributed by atoms with Gasteiger partial charge in [-0.1, -0.05) is 46.5 Å². The van der Waals surface area contributed by atoms with Crippen LogP contribution in [0, 0.1) is 0 Å². The zero-order chi connectivity index (χ0) is 23.3. The van der Waals surface area contributed by atoms with Gasteiger partial charge in [0.1, 0.15) is 5.75 Å². The van der Waals surface area contributed by atoms with Gasteiger partial charge in [0.25, 0.3) is 0 Å². The standard InChI is InChI=1S/C27H41NO4/c1-6-8-9-10-13-27(4,5)21-17-23-26(24(18-21)32-19(3)29)20(16-25(30)31-7-2)15-22-12-11-14-28(22)23/h17-18,20,22H,6-16H2,1-5H3. The van der Waals surface area contributed by atoms with Crippen molar-refractivity contribution in [3.63, 3.8) is 0 Å². The number of esters is 2. The van der Waals surface area contributed by atoms with E-state index in [2.05, 4.69) is 37.8 Å². The normalized spacial score (nSPS) is 20.0. The Morgan fingerprint density at radius 3 is 2.62 bits per heavy atom. The number of nitrogens with zero attached hydrogens (tertiary/aromatic N) is 1. The van der Waals surface area contributed by atoms with Crippen LogP contribution in [0.25, 0.3) is 0 Å². The minimum Gasteiger partial charge on any atom is -0.466 e. The van der Waals surface area contributed by atoms with E-state index in [4.69, 9.17) is 9.47 Å². The highest BCUT2D eigenvalue weighted by molar-refractivity contribution is 5.76. The summed E-state index contributed by atoms with van der Waals surface area (Å²) < 4.78 is 11.1. The molecular formula is C27H41NO4. The van der Waals surface area contributed by atoms with Crippen LogP contribution in [0.15, 0.2) is 12.1 Å². The van der Waals surface area contributed by atoms with Gasteiger partial charge in [-0.25, -0.2) is 0 Å². The maximum atomic E-state index is 12.4. The molecule has 32 heavy (non-hydrogen) atoms. The summed E-state index contributed by atoms with van der Waals surface area (Å²) in [6, 6.07) is 4.82. The van der Waals surface area contributed by atoms with Crippen LogP contribution in [0.4, 0.5) is 5.69 Å². The lowest BCUT2D eigenvalue weighted by atomic mass is 9.76. The van der Waals surface area contributed by atoms with E-state index in [1.165, 1.54) is 38.2 Å². The van der Waals surface area contributed by atoms with E-state index >= 15 is 0 Å². The zero-order valence-corrected chi connectivity index (χ0v) is 20.7. The number of carbonyl (C=O) groups is 2. The largest absolute Gasteiger partial charge is 0.466 e. The summed E-state index contributed by atoms with van der Waals surface area (Å²) in [6.07, 6.45) is 9.57. The molecule has 2 aliphatic rings. The smallest absolute Gasteiger partial charge is 0.308 e. The van der Waals surface area contributed by atoms with Crippen LogP contribution in [0.5, 0.6) is 5.75 Å². The Balaban J connectivity index is 2.02. The number of hydrogen-bond donors (Lipinski definition) is 0. The summed E-state index contributed by atoms with van der Waals surface area (Å²) in [5.74, 6) is 0.151. The van der Waals surface area contributed by atoms with Gasteiger partial charge in [-0.3, -0.25) is 9.59 Å². The quantitative estimate of drug-likeness (QED) is 0.242. The number of benzene rings is 1. The summed E-state index contributed by atoms with van der Waals surface area (Å²) in [7, 11) is 0. The van der Waals surface area contributed by atoms with Gasteiger partial charge in [0.2, 0.25) is 0 Å². The molecule has 2 atom stereocenters. The predicted octanol–water partition coefficient (Wildman–Crippen LogP) is 6.27. The SMILES string of the molecule is CCCCCCC(C)(C)c1cc(OC(C)=O)c2c(c1)N1CCCC1CC2CC(=O)OCC. The van der Waals surface area contributed by atoms with E-state index in [9.17, 15) is 9.59 Å². The lowest BCUT2D eigenvalue weighted by Gasteiger charge is -2.40. The number of carbonyl (C=O) groups excluding carboxylic acids is 2. The van der Waals surface area contributed by atoms with E-state index in [-0.39, 0.29) is 23.3 Å². The van der Waals surface area contributed by atoms with Crippen molar-refractivity contribution in [1.82, 2.24) is 0 Å². The predicted molar refractivity (Wildman–Crippen MR) is 129 cm³/mol. The van der Waals surface area contributed by atoms with Crippen LogP contribution >= 0.6 is 0 Å². The fourth-order valence-electron chi connectivity index (χ4n) is 5.48. The summed E-state index contributed by atoms with van der Waals surface area (Å²) in [5, 5.41) is 0. The first kappa shape index (κ1) is 24.6. The molecule has 0 bridgehead atoms. The Labute approximate surface area is 193 Å². The Kier molecular flexibility index (Phi) is 8.24. The number of rotatable bonds is 10. The second-order valence-electron chi connectivity index (χ2n) is 10.1. The topological polar surface area (TPSA) is 55.8 Å². The van der Waals surface area contributed by atoms with Crippen molar-refractivity contribution >= 4 is 17.6 Å². The lowest BCUT2D eigenvalue weighted by molar-refractivity contribution is -0.143. The van der Waals surface area contributed by atoms with E-state index in [0.717, 1.165) is 43.5 Å².